The van der Waals surface area contributed by atoms with Crippen molar-refractivity contribution in [3.63, 3.8) is 0 Å². The molecule has 0 spiro atoms. The van der Waals surface area contributed by atoms with Crippen LogP contribution in [0.5, 0.6) is 0 Å². The summed E-state index contributed by atoms with van der Waals surface area (Å²) in [6.07, 6.45) is -0.141. The molecule has 1 aromatic carbocycles. The number of benzene rings is 1. The van der Waals surface area contributed by atoms with E-state index in [4.69, 9.17) is 28.4 Å². The normalized spacial score (nSPS) is 16.5. The molecule has 1 aromatic rings. The summed E-state index contributed by atoms with van der Waals surface area (Å²) in [6, 6.07) is 7.11. The Hall–Kier alpha value is -2.45. The van der Waals surface area contributed by atoms with Gasteiger partial charge < -0.3 is 27.0 Å². The van der Waals surface area contributed by atoms with Crippen LogP contribution in [0.15, 0.2) is 30.3 Å². The third kappa shape index (κ3) is 5.35. The predicted molar refractivity (Wildman–Crippen MR) is 81.8 cm³/mol. The molecule has 0 saturated heterocycles. The molecular weight excluding hydrogens is 302 g/mol. The Bertz CT molecular complexity index is 598. The molecule has 126 valence electrons. The lowest BCUT2D eigenvalue weighted by Gasteiger charge is -2.24. The summed E-state index contributed by atoms with van der Waals surface area (Å²) in [5.41, 5.74) is 14.6. The van der Waals surface area contributed by atoms with Gasteiger partial charge in [-0.05, 0) is 24.8 Å². The van der Waals surface area contributed by atoms with Crippen molar-refractivity contribution in [3.05, 3.63) is 35.9 Å². The molecule has 1 rings (SSSR count). The zero-order valence-corrected chi connectivity index (χ0v) is 12.5. The average Bonchev–Trinajstić information content (AvgIpc) is 2.54. The number of carbonyl (C=O) groups is 3. The van der Waals surface area contributed by atoms with Gasteiger partial charge in [-0.2, -0.15) is 0 Å². The van der Waals surface area contributed by atoms with Gasteiger partial charge in [0.1, 0.15) is 12.6 Å². The Kier molecular flexibility index (Phi) is 6.07. The van der Waals surface area contributed by atoms with Crippen LogP contribution in [0.1, 0.15) is 26.2 Å². The standard InChI is InChI=1S/C15H21N3O5/c16-11(12(19)20)7-4-8-15(18,13(17)21)14(22)23-9-10-5-2-1-3-6-10/h1-3,5-6,11H,4,7-9,16,18H2,(H2,17,21)(H,19,20)/i9D. The van der Waals surface area contributed by atoms with Crippen molar-refractivity contribution in [2.24, 2.45) is 17.2 Å². The minimum Gasteiger partial charge on any atom is -0.480 e. The highest BCUT2D eigenvalue weighted by Crippen LogP contribution is 2.15. The largest absolute Gasteiger partial charge is 0.480 e. The maximum atomic E-state index is 12.2. The number of carboxylic acid groups (broad SMARTS) is 1. The van der Waals surface area contributed by atoms with Crippen LogP contribution in [0, 0.1) is 0 Å². The number of carbonyl (C=O) groups excluding carboxylic acids is 2. The summed E-state index contributed by atoms with van der Waals surface area (Å²) in [5, 5.41) is 8.71. The van der Waals surface area contributed by atoms with Crippen molar-refractivity contribution in [2.75, 3.05) is 0 Å². The predicted octanol–water partition coefficient (Wildman–Crippen LogP) is -0.505. The van der Waals surface area contributed by atoms with E-state index >= 15 is 0 Å². The van der Waals surface area contributed by atoms with Crippen molar-refractivity contribution in [1.29, 1.82) is 0 Å². The van der Waals surface area contributed by atoms with Crippen molar-refractivity contribution < 1.29 is 25.6 Å². The lowest BCUT2D eigenvalue weighted by Crippen LogP contribution is -2.58. The Labute approximate surface area is 135 Å². The Morgan fingerprint density at radius 2 is 1.91 bits per heavy atom. The van der Waals surface area contributed by atoms with Gasteiger partial charge in [0.25, 0.3) is 0 Å². The SMILES string of the molecule is [2H]C(OC(=O)C(N)(CCCC(N)C(=O)O)C(N)=O)c1ccccc1. The third-order valence-electron chi connectivity index (χ3n) is 3.31. The Balaban J connectivity index is 2.73. The van der Waals surface area contributed by atoms with Gasteiger partial charge in [0, 0.05) is 0 Å². The van der Waals surface area contributed by atoms with Crippen LogP contribution in [0.25, 0.3) is 0 Å². The summed E-state index contributed by atoms with van der Waals surface area (Å²) in [5.74, 6) is -3.45. The highest BCUT2D eigenvalue weighted by molar-refractivity contribution is 6.06. The van der Waals surface area contributed by atoms with Gasteiger partial charge in [0.05, 0.1) is 1.37 Å². The fraction of sp³-hybridized carbons (Fsp3) is 0.400. The highest BCUT2D eigenvalue weighted by Gasteiger charge is 2.41. The van der Waals surface area contributed by atoms with Crippen LogP contribution >= 0.6 is 0 Å². The van der Waals surface area contributed by atoms with Gasteiger partial charge in [0.2, 0.25) is 5.91 Å². The number of hydrogen-bond donors (Lipinski definition) is 4. The molecule has 7 N–H and O–H groups in total. The van der Waals surface area contributed by atoms with E-state index in [0.717, 1.165) is 0 Å². The first kappa shape index (κ1) is 16.9. The number of aliphatic carboxylic acids is 1. The first-order valence-electron chi connectivity index (χ1n) is 7.51. The summed E-state index contributed by atoms with van der Waals surface area (Å²) in [7, 11) is 0. The van der Waals surface area contributed by atoms with Gasteiger partial charge >= 0.3 is 11.9 Å². The maximum Gasteiger partial charge on any atom is 0.336 e. The van der Waals surface area contributed by atoms with E-state index < -0.39 is 36.0 Å². The maximum absolute atomic E-state index is 12.2. The van der Waals surface area contributed by atoms with Crippen LogP contribution < -0.4 is 17.2 Å². The van der Waals surface area contributed by atoms with Crippen molar-refractivity contribution in [3.8, 4) is 0 Å². The first-order valence-corrected chi connectivity index (χ1v) is 6.94. The summed E-state index contributed by atoms with van der Waals surface area (Å²) < 4.78 is 12.7. The first-order chi connectivity index (χ1) is 11.2. The van der Waals surface area contributed by atoms with Crippen molar-refractivity contribution >= 4 is 17.8 Å². The van der Waals surface area contributed by atoms with E-state index in [1.807, 2.05) is 0 Å². The topological polar surface area (TPSA) is 159 Å². The van der Waals surface area contributed by atoms with E-state index in [9.17, 15) is 14.4 Å². The molecule has 0 aromatic heterocycles. The van der Waals surface area contributed by atoms with E-state index in [1.54, 1.807) is 30.3 Å². The molecule has 3 atom stereocenters. The fourth-order valence-corrected chi connectivity index (χ4v) is 1.81. The second-order valence-electron chi connectivity index (χ2n) is 5.11. The molecule has 0 aliphatic heterocycles. The van der Waals surface area contributed by atoms with Gasteiger partial charge in [-0.1, -0.05) is 30.3 Å². The number of rotatable bonds is 9. The number of carboxylic acids is 1. The minimum absolute atomic E-state index is 0.0117. The number of amides is 1. The van der Waals surface area contributed by atoms with Gasteiger partial charge in [-0.25, -0.2) is 4.79 Å². The van der Waals surface area contributed by atoms with Gasteiger partial charge in [0.15, 0.2) is 5.54 Å². The quantitative estimate of drug-likeness (QED) is 0.352. The average molecular weight is 324 g/mol. The fourth-order valence-electron chi connectivity index (χ4n) is 1.81. The molecule has 8 nitrogen and oxygen atoms in total. The molecule has 0 aliphatic carbocycles. The zero-order valence-electron chi connectivity index (χ0n) is 13.5. The lowest BCUT2D eigenvalue weighted by atomic mass is 9.92. The van der Waals surface area contributed by atoms with Crippen molar-refractivity contribution in [2.45, 2.75) is 37.4 Å². The van der Waals surface area contributed by atoms with Crippen LogP contribution in [-0.2, 0) is 25.7 Å². The van der Waals surface area contributed by atoms with Crippen LogP contribution in [0.4, 0.5) is 0 Å². The number of ether oxygens (including phenoxy) is 1. The number of hydrogen-bond acceptors (Lipinski definition) is 6. The number of nitrogens with two attached hydrogens (primary N) is 3. The van der Waals surface area contributed by atoms with Crippen LogP contribution in [0.3, 0.4) is 0 Å². The summed E-state index contributed by atoms with van der Waals surface area (Å²) in [4.78, 5) is 34.4. The molecule has 0 fully saturated rings. The van der Waals surface area contributed by atoms with E-state index in [1.165, 1.54) is 0 Å². The third-order valence-corrected chi connectivity index (χ3v) is 3.31. The number of primary amides is 1. The molecule has 23 heavy (non-hydrogen) atoms. The second-order valence-corrected chi connectivity index (χ2v) is 5.11. The monoisotopic (exact) mass is 324 g/mol. The molecule has 3 unspecified atom stereocenters. The van der Waals surface area contributed by atoms with E-state index in [2.05, 4.69) is 0 Å². The summed E-state index contributed by atoms with van der Waals surface area (Å²) >= 11 is 0. The van der Waals surface area contributed by atoms with E-state index in [0.29, 0.717) is 5.56 Å². The Morgan fingerprint density at radius 3 is 2.43 bits per heavy atom. The van der Waals surface area contributed by atoms with E-state index in [-0.39, 0.29) is 19.3 Å². The van der Waals surface area contributed by atoms with Crippen LogP contribution in [-0.4, -0.2) is 34.5 Å². The summed E-state index contributed by atoms with van der Waals surface area (Å²) in [6.45, 7) is -1.36. The molecule has 0 bridgehead atoms. The van der Waals surface area contributed by atoms with Crippen LogP contribution in [0.2, 0.25) is 0 Å². The molecular formula is C15H21N3O5. The molecule has 0 heterocycles. The van der Waals surface area contributed by atoms with Gasteiger partial charge in [-0.3, -0.25) is 9.59 Å². The molecule has 1 amide bonds. The highest BCUT2D eigenvalue weighted by atomic mass is 16.5. The molecule has 8 heteroatoms. The molecule has 0 aliphatic rings. The lowest BCUT2D eigenvalue weighted by molar-refractivity contribution is -0.155. The molecule has 0 saturated carbocycles. The number of esters is 1. The second kappa shape index (κ2) is 8.25. The molecule has 0 radical (unpaired) electrons. The van der Waals surface area contributed by atoms with Crippen molar-refractivity contribution in [1.82, 2.24) is 0 Å². The smallest absolute Gasteiger partial charge is 0.336 e. The zero-order chi connectivity index (χ0) is 18.3. The van der Waals surface area contributed by atoms with Gasteiger partial charge in [-0.15, -0.1) is 0 Å². The minimum atomic E-state index is -2.15. The Morgan fingerprint density at radius 1 is 1.30 bits per heavy atom.